The summed E-state index contributed by atoms with van der Waals surface area (Å²) in [6.45, 7) is 3.28. The van der Waals surface area contributed by atoms with E-state index < -0.39 is 5.97 Å². The molecule has 0 aromatic heterocycles. The third kappa shape index (κ3) is 6.81. The molecular formula is C27H34N2O4. The smallest absolute Gasteiger partial charge is 0.335 e. The van der Waals surface area contributed by atoms with Crippen LogP contribution in [0.3, 0.4) is 0 Å². The predicted molar refractivity (Wildman–Crippen MR) is 129 cm³/mol. The Bertz CT molecular complexity index is 942. The fraction of sp³-hybridized carbons (Fsp3) is 0.481. The van der Waals surface area contributed by atoms with Crippen LogP contribution >= 0.6 is 0 Å². The number of benzene rings is 2. The van der Waals surface area contributed by atoms with Crippen LogP contribution in [0.5, 0.6) is 5.75 Å². The zero-order valence-electron chi connectivity index (χ0n) is 19.2. The minimum absolute atomic E-state index is 0.0457. The third-order valence-electron chi connectivity index (χ3n) is 6.49. The second-order valence-corrected chi connectivity index (χ2v) is 9.24. The van der Waals surface area contributed by atoms with Gasteiger partial charge in [-0.2, -0.15) is 0 Å². The van der Waals surface area contributed by atoms with Gasteiger partial charge in [-0.15, -0.1) is 0 Å². The highest BCUT2D eigenvalue weighted by Gasteiger charge is 2.26. The molecule has 2 aliphatic rings. The Balaban J connectivity index is 1.60. The lowest BCUT2D eigenvalue weighted by Gasteiger charge is -2.29. The summed E-state index contributed by atoms with van der Waals surface area (Å²) >= 11 is 0. The van der Waals surface area contributed by atoms with Crippen molar-refractivity contribution in [2.75, 3.05) is 31.1 Å². The van der Waals surface area contributed by atoms with E-state index in [2.05, 4.69) is 4.90 Å². The molecule has 1 amide bonds. The number of nitrogens with zero attached hydrogens (tertiary/aromatic N) is 2. The molecule has 1 aliphatic carbocycles. The van der Waals surface area contributed by atoms with Gasteiger partial charge >= 0.3 is 5.97 Å². The van der Waals surface area contributed by atoms with Crippen LogP contribution in [0.15, 0.2) is 48.5 Å². The predicted octanol–water partition coefficient (Wildman–Crippen LogP) is 4.97. The topological polar surface area (TPSA) is 70.1 Å². The molecule has 1 N–H and O–H groups in total. The fourth-order valence-electron chi connectivity index (χ4n) is 4.50. The molecule has 1 heterocycles. The van der Waals surface area contributed by atoms with Crippen LogP contribution < -0.4 is 9.64 Å². The maximum Gasteiger partial charge on any atom is 0.335 e. The summed E-state index contributed by atoms with van der Waals surface area (Å²) in [5.41, 5.74) is 1.98. The monoisotopic (exact) mass is 450 g/mol. The molecule has 0 radical (unpaired) electrons. The fourth-order valence-corrected chi connectivity index (χ4v) is 4.50. The van der Waals surface area contributed by atoms with Crippen LogP contribution in [-0.4, -0.2) is 48.1 Å². The number of carbonyl (C=O) groups excluding carboxylic acids is 1. The van der Waals surface area contributed by atoms with Gasteiger partial charge < -0.3 is 14.7 Å². The highest BCUT2D eigenvalue weighted by atomic mass is 16.5. The van der Waals surface area contributed by atoms with E-state index in [0.717, 1.165) is 49.5 Å². The molecular weight excluding hydrogens is 416 g/mol. The molecule has 1 fully saturated rings. The molecule has 6 nitrogen and oxygen atoms in total. The van der Waals surface area contributed by atoms with Crippen molar-refractivity contribution in [3.8, 4) is 5.75 Å². The number of ether oxygens (including phenoxy) is 1. The number of carbonyl (C=O) groups is 2. The van der Waals surface area contributed by atoms with E-state index in [0.29, 0.717) is 18.8 Å². The molecule has 4 rings (SSSR count). The van der Waals surface area contributed by atoms with E-state index >= 15 is 0 Å². The summed E-state index contributed by atoms with van der Waals surface area (Å²) in [4.78, 5) is 29.3. The number of aromatic carboxylic acids is 1. The Morgan fingerprint density at radius 2 is 1.67 bits per heavy atom. The zero-order valence-corrected chi connectivity index (χ0v) is 19.2. The number of carboxylic acids is 1. The second-order valence-electron chi connectivity index (χ2n) is 9.24. The van der Waals surface area contributed by atoms with Crippen LogP contribution in [0.4, 0.5) is 5.69 Å². The minimum Gasteiger partial charge on any atom is -0.484 e. The van der Waals surface area contributed by atoms with Gasteiger partial charge in [-0.3, -0.25) is 9.69 Å². The Hall–Kier alpha value is -2.86. The van der Waals surface area contributed by atoms with E-state index in [1.807, 2.05) is 30.3 Å². The van der Waals surface area contributed by atoms with Gasteiger partial charge in [0.25, 0.3) is 5.91 Å². The molecule has 33 heavy (non-hydrogen) atoms. The summed E-state index contributed by atoms with van der Waals surface area (Å²) in [6, 6.07) is 14.5. The van der Waals surface area contributed by atoms with Gasteiger partial charge in [0.1, 0.15) is 5.75 Å². The number of rotatable bonds is 6. The van der Waals surface area contributed by atoms with Gasteiger partial charge in [0.05, 0.1) is 5.56 Å². The molecule has 2 aromatic carbocycles. The quantitative estimate of drug-likeness (QED) is 0.673. The lowest BCUT2D eigenvalue weighted by atomic mass is 10.0. The highest BCUT2D eigenvalue weighted by molar-refractivity contribution is 5.96. The van der Waals surface area contributed by atoms with Gasteiger partial charge in [-0.1, -0.05) is 37.5 Å². The molecule has 0 bridgehead atoms. The zero-order chi connectivity index (χ0) is 23.0. The molecule has 0 unspecified atom stereocenters. The molecule has 2 aromatic rings. The van der Waals surface area contributed by atoms with E-state index in [1.54, 1.807) is 23.1 Å². The number of anilines is 1. The lowest BCUT2D eigenvalue weighted by molar-refractivity contribution is -0.120. The summed E-state index contributed by atoms with van der Waals surface area (Å²) in [7, 11) is 0. The van der Waals surface area contributed by atoms with Gasteiger partial charge in [0, 0.05) is 25.3 Å². The molecule has 0 spiro atoms. The second kappa shape index (κ2) is 11.3. The van der Waals surface area contributed by atoms with Crippen molar-refractivity contribution in [1.29, 1.82) is 0 Å². The molecule has 0 atom stereocenters. The molecule has 0 saturated heterocycles. The summed E-state index contributed by atoms with van der Waals surface area (Å²) in [6.07, 6.45) is 8.07. The number of hydrogen-bond acceptors (Lipinski definition) is 4. The summed E-state index contributed by atoms with van der Waals surface area (Å²) < 4.78 is 5.76. The van der Waals surface area contributed by atoms with E-state index in [9.17, 15) is 14.7 Å². The number of amides is 1. The number of para-hydroxylation sites is 1. The standard InChI is InChI=1S/C27H34N2O4/c30-26(20-33-24-9-5-4-6-10-24)29-16-8-3-1-2-7-15-28(18-21-11-12-21)19-23-17-22(27(31)32)13-14-25(23)29/h4-6,9-10,13-14,17,21H,1-3,7-8,11-12,15-16,18-20H2,(H,31,32). The summed E-state index contributed by atoms with van der Waals surface area (Å²) in [5, 5.41) is 9.59. The van der Waals surface area contributed by atoms with Gasteiger partial charge in [0.2, 0.25) is 0 Å². The number of fused-ring (bicyclic) bond motifs is 1. The van der Waals surface area contributed by atoms with Gasteiger partial charge in [-0.25, -0.2) is 4.79 Å². The van der Waals surface area contributed by atoms with Gasteiger partial charge in [0.15, 0.2) is 6.61 Å². The first kappa shape index (κ1) is 23.3. The first-order chi connectivity index (χ1) is 16.1. The van der Waals surface area contributed by atoms with Crippen molar-refractivity contribution in [3.63, 3.8) is 0 Å². The maximum absolute atomic E-state index is 13.3. The first-order valence-corrected chi connectivity index (χ1v) is 12.2. The minimum atomic E-state index is -0.942. The van der Waals surface area contributed by atoms with Crippen molar-refractivity contribution in [3.05, 3.63) is 59.7 Å². The number of carboxylic acid groups (broad SMARTS) is 1. The van der Waals surface area contributed by atoms with Crippen molar-refractivity contribution >= 4 is 17.6 Å². The Labute approximate surface area is 196 Å². The molecule has 6 heteroatoms. The van der Waals surface area contributed by atoms with Crippen LogP contribution in [0, 0.1) is 5.92 Å². The van der Waals surface area contributed by atoms with Crippen molar-refractivity contribution in [1.82, 2.24) is 4.90 Å². The normalized spacial score (nSPS) is 18.0. The van der Waals surface area contributed by atoms with Crippen LogP contribution in [-0.2, 0) is 11.3 Å². The maximum atomic E-state index is 13.3. The van der Waals surface area contributed by atoms with Crippen LogP contribution in [0.2, 0.25) is 0 Å². The van der Waals surface area contributed by atoms with E-state index in [1.165, 1.54) is 25.7 Å². The average Bonchev–Trinajstić information content (AvgIpc) is 3.63. The van der Waals surface area contributed by atoms with E-state index in [4.69, 9.17) is 4.74 Å². The van der Waals surface area contributed by atoms with E-state index in [-0.39, 0.29) is 18.1 Å². The average molecular weight is 451 g/mol. The molecule has 1 saturated carbocycles. The number of hydrogen-bond donors (Lipinski definition) is 1. The summed E-state index contributed by atoms with van der Waals surface area (Å²) in [5.74, 6) is 0.371. The van der Waals surface area contributed by atoms with Crippen LogP contribution in [0.1, 0.15) is 60.9 Å². The van der Waals surface area contributed by atoms with Crippen molar-refractivity contribution < 1.29 is 19.4 Å². The first-order valence-electron chi connectivity index (χ1n) is 12.2. The Morgan fingerprint density at radius 1 is 0.939 bits per heavy atom. The molecule has 1 aliphatic heterocycles. The SMILES string of the molecule is O=C(O)c1ccc2c(c1)CN(CC1CC1)CCCCCCCN2C(=O)COc1ccccc1. The van der Waals surface area contributed by atoms with Crippen molar-refractivity contribution in [2.45, 2.75) is 51.5 Å². The Morgan fingerprint density at radius 3 is 2.39 bits per heavy atom. The van der Waals surface area contributed by atoms with Gasteiger partial charge in [-0.05, 0) is 74.0 Å². The van der Waals surface area contributed by atoms with Crippen LogP contribution in [0.25, 0.3) is 0 Å². The Kier molecular flexibility index (Phi) is 8.00. The molecule has 176 valence electrons. The largest absolute Gasteiger partial charge is 0.484 e. The third-order valence-corrected chi connectivity index (χ3v) is 6.49. The lowest BCUT2D eigenvalue weighted by Crippen LogP contribution is -2.37. The highest BCUT2D eigenvalue weighted by Crippen LogP contribution is 2.32. The van der Waals surface area contributed by atoms with Crippen molar-refractivity contribution in [2.24, 2.45) is 5.92 Å².